The molecule has 8 nitrogen and oxygen atoms in total. The average Bonchev–Trinajstić information content (AvgIpc) is 3.57. The van der Waals surface area contributed by atoms with Crippen LogP contribution < -0.4 is 10.9 Å². The van der Waals surface area contributed by atoms with Crippen LogP contribution in [-0.4, -0.2) is 21.4 Å². The van der Waals surface area contributed by atoms with Gasteiger partial charge in [-0.2, -0.15) is 5.26 Å². The molecule has 2 aromatic carbocycles. The van der Waals surface area contributed by atoms with Gasteiger partial charge in [0.1, 0.15) is 5.69 Å². The summed E-state index contributed by atoms with van der Waals surface area (Å²) in [5.74, 6) is -0.422. The minimum Gasteiger partial charge on any atom is -0.463 e. The summed E-state index contributed by atoms with van der Waals surface area (Å²) < 4.78 is 7.43. The number of carbonyl (C=O) groups is 2. The molecule has 2 N–H and O–H groups in total. The van der Waals surface area contributed by atoms with Gasteiger partial charge in [-0.3, -0.25) is 20.4 Å². The van der Waals surface area contributed by atoms with E-state index < -0.39 is 11.8 Å². The lowest BCUT2D eigenvalue weighted by atomic mass is 10.1. The average molecular weight is 476 g/mol. The summed E-state index contributed by atoms with van der Waals surface area (Å²) in [5.41, 5.74) is 8.26. The molecule has 0 bridgehead atoms. The topological polar surface area (TPSA) is 113 Å². The van der Waals surface area contributed by atoms with Crippen molar-refractivity contribution in [1.82, 2.24) is 20.4 Å². The molecule has 176 valence electrons. The van der Waals surface area contributed by atoms with Crippen molar-refractivity contribution in [2.24, 2.45) is 0 Å². The number of amides is 2. The first-order chi connectivity index (χ1) is 17.6. The molecule has 0 unspecified atom stereocenters. The van der Waals surface area contributed by atoms with Crippen molar-refractivity contribution >= 4 is 39.7 Å². The van der Waals surface area contributed by atoms with E-state index in [0.717, 1.165) is 16.5 Å². The molecule has 3 aromatic heterocycles. The van der Waals surface area contributed by atoms with Crippen molar-refractivity contribution in [3.8, 4) is 17.5 Å². The predicted molar refractivity (Wildman–Crippen MR) is 136 cm³/mol. The Labute approximate surface area is 206 Å². The maximum Gasteiger partial charge on any atom is 0.270 e. The Morgan fingerprint density at radius 1 is 1.03 bits per heavy atom. The van der Waals surface area contributed by atoms with Crippen LogP contribution in [0.25, 0.3) is 39.3 Å². The number of rotatable bonds is 6. The summed E-state index contributed by atoms with van der Waals surface area (Å²) in [5, 5.41) is 10.5. The van der Waals surface area contributed by atoms with Gasteiger partial charge in [-0.15, -0.1) is 0 Å². The van der Waals surface area contributed by atoms with Gasteiger partial charge in [0.15, 0.2) is 5.76 Å². The number of hydrogen-bond donors (Lipinski definition) is 2. The van der Waals surface area contributed by atoms with Gasteiger partial charge in [0, 0.05) is 40.7 Å². The first-order valence-electron chi connectivity index (χ1n) is 11.3. The minimum absolute atomic E-state index is 0.358. The number of aryl methyl sites for hydroxylation is 1. The number of carbonyl (C=O) groups excluding carboxylic acids is 2. The van der Waals surface area contributed by atoms with E-state index >= 15 is 0 Å². The normalized spacial score (nSPS) is 11.1. The van der Waals surface area contributed by atoms with Gasteiger partial charge in [0.05, 0.1) is 29.8 Å². The lowest BCUT2D eigenvalue weighted by Crippen LogP contribution is -2.40. The summed E-state index contributed by atoms with van der Waals surface area (Å²) in [4.78, 5) is 30.1. The summed E-state index contributed by atoms with van der Waals surface area (Å²) in [6.45, 7) is 0.562. The highest BCUT2D eigenvalue weighted by atomic mass is 16.3. The summed E-state index contributed by atoms with van der Waals surface area (Å²) >= 11 is 0. The molecule has 0 spiro atoms. The van der Waals surface area contributed by atoms with Crippen LogP contribution in [0, 0.1) is 11.3 Å². The number of para-hydroxylation sites is 2. The van der Waals surface area contributed by atoms with E-state index in [0.29, 0.717) is 40.9 Å². The number of nitriles is 1. The molecule has 5 rings (SSSR count). The molecule has 0 saturated carbocycles. The molecule has 0 saturated heterocycles. The lowest BCUT2D eigenvalue weighted by molar-refractivity contribution is -0.117. The van der Waals surface area contributed by atoms with Crippen molar-refractivity contribution in [3.05, 3.63) is 96.4 Å². The molecule has 0 fully saturated rings. The number of nitrogens with one attached hydrogen (secondary N) is 2. The fraction of sp³-hybridized carbons (Fsp3) is 0.0714. The summed E-state index contributed by atoms with van der Waals surface area (Å²) in [6, 6.07) is 22.4. The van der Waals surface area contributed by atoms with E-state index in [-0.39, 0.29) is 0 Å². The zero-order valence-corrected chi connectivity index (χ0v) is 19.1. The van der Waals surface area contributed by atoms with Gasteiger partial charge in [-0.25, -0.2) is 4.98 Å². The number of nitrogens with zero attached hydrogens (tertiary/aromatic N) is 3. The van der Waals surface area contributed by atoms with Crippen LogP contribution >= 0.6 is 0 Å². The smallest absolute Gasteiger partial charge is 0.270 e. The van der Waals surface area contributed by atoms with E-state index in [2.05, 4.69) is 21.9 Å². The minimum atomic E-state index is -0.484. The quantitative estimate of drug-likeness (QED) is 0.270. The number of pyridine rings is 1. The molecule has 0 radical (unpaired) electrons. The third-order valence-electron chi connectivity index (χ3n) is 5.73. The van der Waals surface area contributed by atoms with E-state index in [9.17, 15) is 9.59 Å². The standard InChI is InChI=1S/C28H21N5O3/c29-14-6-15-33-18-19(20-7-2-4-10-25(20)33)12-13-27(34)31-32-28(35)22-17-24(26-11-5-16-36-26)30-23-9-3-1-8-21(22)23/h1-5,7-13,16-18H,6,15H2,(H,31,34)(H,32,35)/b13-12+. The van der Waals surface area contributed by atoms with Gasteiger partial charge < -0.3 is 8.98 Å². The van der Waals surface area contributed by atoms with E-state index in [1.54, 1.807) is 36.6 Å². The third kappa shape index (κ3) is 4.58. The fourth-order valence-electron chi connectivity index (χ4n) is 4.07. The third-order valence-corrected chi connectivity index (χ3v) is 5.73. The summed E-state index contributed by atoms with van der Waals surface area (Å²) in [6.07, 6.45) is 6.88. The Balaban J connectivity index is 1.33. The zero-order chi connectivity index (χ0) is 24.9. The number of fused-ring (bicyclic) bond motifs is 2. The van der Waals surface area contributed by atoms with Crippen LogP contribution in [-0.2, 0) is 11.3 Å². The Bertz CT molecular complexity index is 1640. The van der Waals surface area contributed by atoms with Crippen LogP contribution in [0.4, 0.5) is 0 Å². The van der Waals surface area contributed by atoms with Gasteiger partial charge in [0.2, 0.25) is 0 Å². The predicted octanol–water partition coefficient (Wildman–Crippen LogP) is 4.84. The van der Waals surface area contributed by atoms with Crippen LogP contribution in [0.1, 0.15) is 22.3 Å². The van der Waals surface area contributed by atoms with Crippen molar-refractivity contribution < 1.29 is 14.0 Å². The van der Waals surface area contributed by atoms with Gasteiger partial charge in [0.25, 0.3) is 11.8 Å². The number of furan rings is 1. The van der Waals surface area contributed by atoms with Gasteiger partial charge in [-0.05, 0) is 36.4 Å². The van der Waals surface area contributed by atoms with E-state index in [1.165, 1.54) is 6.08 Å². The van der Waals surface area contributed by atoms with Crippen molar-refractivity contribution in [2.75, 3.05) is 0 Å². The Morgan fingerprint density at radius 3 is 2.64 bits per heavy atom. The highest BCUT2D eigenvalue weighted by Gasteiger charge is 2.15. The lowest BCUT2D eigenvalue weighted by Gasteiger charge is -2.09. The van der Waals surface area contributed by atoms with Crippen LogP contribution in [0.15, 0.2) is 89.7 Å². The highest BCUT2D eigenvalue weighted by molar-refractivity contribution is 6.08. The SMILES string of the molecule is N#CCCn1cc(/C=C/C(=O)NNC(=O)c2cc(-c3ccco3)nc3ccccc23)c2ccccc21. The molecule has 3 heterocycles. The van der Waals surface area contributed by atoms with Crippen molar-refractivity contribution in [3.63, 3.8) is 0 Å². The maximum absolute atomic E-state index is 13.0. The molecule has 2 amide bonds. The van der Waals surface area contributed by atoms with E-state index in [1.807, 2.05) is 53.2 Å². The fourth-order valence-corrected chi connectivity index (χ4v) is 4.07. The largest absolute Gasteiger partial charge is 0.463 e. The zero-order valence-electron chi connectivity index (χ0n) is 19.1. The maximum atomic E-state index is 13.0. The number of benzene rings is 2. The molecule has 0 aliphatic carbocycles. The molecule has 5 aromatic rings. The monoisotopic (exact) mass is 475 g/mol. The first kappa shape index (κ1) is 22.6. The van der Waals surface area contributed by atoms with E-state index in [4.69, 9.17) is 9.68 Å². The van der Waals surface area contributed by atoms with Gasteiger partial charge >= 0.3 is 0 Å². The second-order valence-corrected chi connectivity index (χ2v) is 8.03. The number of hydrogen-bond acceptors (Lipinski definition) is 5. The Morgan fingerprint density at radius 2 is 1.83 bits per heavy atom. The Hall–Kier alpha value is -5.16. The molecule has 36 heavy (non-hydrogen) atoms. The second-order valence-electron chi connectivity index (χ2n) is 8.03. The molecule has 0 aliphatic heterocycles. The molecule has 0 aliphatic rings. The van der Waals surface area contributed by atoms with Crippen LogP contribution in [0.5, 0.6) is 0 Å². The molecular weight excluding hydrogens is 454 g/mol. The number of hydrazine groups is 1. The van der Waals surface area contributed by atoms with Crippen molar-refractivity contribution in [2.45, 2.75) is 13.0 Å². The molecular formula is C28H21N5O3. The summed E-state index contributed by atoms with van der Waals surface area (Å²) in [7, 11) is 0. The first-order valence-corrected chi connectivity index (χ1v) is 11.3. The molecule has 8 heteroatoms. The Kier molecular flexibility index (Phi) is 6.28. The van der Waals surface area contributed by atoms with Crippen LogP contribution in [0.3, 0.4) is 0 Å². The molecule has 0 atom stereocenters. The second kappa shape index (κ2) is 9.99. The van der Waals surface area contributed by atoms with Crippen molar-refractivity contribution in [1.29, 1.82) is 5.26 Å². The van der Waals surface area contributed by atoms with Crippen LogP contribution in [0.2, 0.25) is 0 Å². The number of aromatic nitrogens is 2. The van der Waals surface area contributed by atoms with Gasteiger partial charge in [-0.1, -0.05) is 36.4 Å². The highest BCUT2D eigenvalue weighted by Crippen LogP contribution is 2.25.